The van der Waals surface area contributed by atoms with Crippen LogP contribution in [0.1, 0.15) is 0 Å². The molecule has 0 atom stereocenters. The molecular formula is C23H13ClFN3O. The fourth-order valence-corrected chi connectivity index (χ4v) is 3.43. The van der Waals surface area contributed by atoms with E-state index >= 15 is 0 Å². The van der Waals surface area contributed by atoms with Crippen LogP contribution in [0.25, 0.3) is 45.0 Å². The molecule has 29 heavy (non-hydrogen) atoms. The van der Waals surface area contributed by atoms with E-state index < -0.39 is 0 Å². The molecule has 0 unspecified atom stereocenters. The van der Waals surface area contributed by atoms with E-state index in [1.165, 1.54) is 12.1 Å². The highest BCUT2D eigenvalue weighted by Gasteiger charge is 2.17. The van der Waals surface area contributed by atoms with Crippen molar-refractivity contribution in [3.8, 4) is 34.1 Å². The molecule has 0 spiro atoms. The Kier molecular flexibility index (Phi) is 4.30. The van der Waals surface area contributed by atoms with E-state index in [0.717, 1.165) is 22.0 Å². The van der Waals surface area contributed by atoms with Gasteiger partial charge in [-0.3, -0.25) is 0 Å². The highest BCUT2D eigenvalue weighted by atomic mass is 35.5. The van der Waals surface area contributed by atoms with Crippen LogP contribution >= 0.6 is 11.6 Å². The number of hydrogen-bond acceptors (Lipinski definition) is 4. The van der Waals surface area contributed by atoms with Crippen LogP contribution in [0.3, 0.4) is 0 Å². The van der Waals surface area contributed by atoms with Gasteiger partial charge in [0, 0.05) is 16.5 Å². The molecule has 0 N–H and O–H groups in total. The lowest BCUT2D eigenvalue weighted by atomic mass is 10.0. The topological polar surface area (TPSA) is 51.8 Å². The van der Waals surface area contributed by atoms with Crippen LogP contribution in [0, 0.1) is 5.82 Å². The Hall–Kier alpha value is -3.57. The maximum absolute atomic E-state index is 13.3. The average molecular weight is 402 g/mol. The van der Waals surface area contributed by atoms with Gasteiger partial charge in [-0.15, -0.1) is 0 Å². The largest absolute Gasteiger partial charge is 0.334 e. The predicted octanol–water partition coefficient (Wildman–Crippen LogP) is 6.41. The summed E-state index contributed by atoms with van der Waals surface area (Å²) in [5.41, 5.74) is 3.71. The number of benzene rings is 3. The Morgan fingerprint density at radius 2 is 1.55 bits per heavy atom. The van der Waals surface area contributed by atoms with Crippen molar-refractivity contribution in [2.75, 3.05) is 0 Å². The molecule has 0 saturated heterocycles. The summed E-state index contributed by atoms with van der Waals surface area (Å²) in [5.74, 6) is 0.479. The van der Waals surface area contributed by atoms with Crippen LogP contribution in [0.2, 0.25) is 5.02 Å². The third-order valence-electron chi connectivity index (χ3n) is 4.63. The van der Waals surface area contributed by atoms with Gasteiger partial charge < -0.3 is 4.52 Å². The van der Waals surface area contributed by atoms with E-state index in [0.29, 0.717) is 28.0 Å². The minimum absolute atomic E-state index is 0.295. The second kappa shape index (κ2) is 7.11. The summed E-state index contributed by atoms with van der Waals surface area (Å²) < 4.78 is 18.9. The molecule has 0 aliphatic heterocycles. The maximum atomic E-state index is 13.3. The van der Waals surface area contributed by atoms with Gasteiger partial charge in [-0.2, -0.15) is 4.98 Å². The average Bonchev–Trinajstić information content (AvgIpc) is 3.23. The van der Waals surface area contributed by atoms with Gasteiger partial charge in [0.2, 0.25) is 5.82 Å². The molecule has 0 saturated carbocycles. The molecule has 5 aromatic rings. The summed E-state index contributed by atoms with van der Waals surface area (Å²) in [4.78, 5) is 9.27. The second-order valence-corrected chi connectivity index (χ2v) is 6.89. The number of nitrogens with zero attached hydrogens (tertiary/aromatic N) is 3. The number of para-hydroxylation sites is 1. The number of rotatable bonds is 3. The molecule has 140 valence electrons. The Morgan fingerprint density at radius 1 is 0.793 bits per heavy atom. The first-order valence-electron chi connectivity index (χ1n) is 8.94. The van der Waals surface area contributed by atoms with Crippen LogP contribution in [-0.4, -0.2) is 15.1 Å². The first kappa shape index (κ1) is 17.5. The van der Waals surface area contributed by atoms with Crippen molar-refractivity contribution in [2.45, 2.75) is 0 Å². The van der Waals surface area contributed by atoms with Gasteiger partial charge in [0.1, 0.15) is 5.82 Å². The molecule has 3 aromatic carbocycles. The smallest absolute Gasteiger partial charge is 0.259 e. The molecule has 0 aliphatic carbocycles. The second-order valence-electron chi connectivity index (χ2n) is 6.48. The zero-order valence-electron chi connectivity index (χ0n) is 15.0. The molecule has 0 aliphatic rings. The predicted molar refractivity (Wildman–Crippen MR) is 111 cm³/mol. The van der Waals surface area contributed by atoms with Gasteiger partial charge >= 0.3 is 0 Å². The van der Waals surface area contributed by atoms with Gasteiger partial charge in [0.15, 0.2) is 0 Å². The molecule has 6 heteroatoms. The first-order valence-corrected chi connectivity index (χ1v) is 9.31. The Balaban J connectivity index is 1.68. The van der Waals surface area contributed by atoms with Gasteiger partial charge in [0.25, 0.3) is 5.89 Å². The standard InChI is InChI=1S/C23H13ClFN3O/c24-19-7-3-1-6-17(19)22-27-23(29-28-22)18-13-21(14-9-11-15(25)12-10-14)26-20-8-4-2-5-16(18)20/h1-13H. The molecule has 0 fully saturated rings. The van der Waals surface area contributed by atoms with Crippen LogP contribution in [0.15, 0.2) is 83.4 Å². The summed E-state index contributed by atoms with van der Waals surface area (Å²) >= 11 is 6.26. The monoisotopic (exact) mass is 401 g/mol. The van der Waals surface area contributed by atoms with Crippen molar-refractivity contribution in [3.63, 3.8) is 0 Å². The number of halogens is 2. The number of aromatic nitrogens is 3. The zero-order chi connectivity index (χ0) is 19.8. The van der Waals surface area contributed by atoms with Crippen molar-refractivity contribution < 1.29 is 8.91 Å². The van der Waals surface area contributed by atoms with Crippen molar-refractivity contribution in [1.82, 2.24) is 15.1 Å². The third kappa shape index (κ3) is 3.26. The normalized spacial score (nSPS) is 11.1. The number of fused-ring (bicyclic) bond motifs is 1. The first-order chi connectivity index (χ1) is 14.2. The van der Waals surface area contributed by atoms with E-state index in [1.54, 1.807) is 18.2 Å². The van der Waals surface area contributed by atoms with Crippen molar-refractivity contribution in [1.29, 1.82) is 0 Å². The van der Waals surface area contributed by atoms with Crippen molar-refractivity contribution in [3.05, 3.63) is 89.7 Å². The third-order valence-corrected chi connectivity index (χ3v) is 4.96. The van der Waals surface area contributed by atoms with Crippen LogP contribution < -0.4 is 0 Å². The fourth-order valence-electron chi connectivity index (χ4n) is 3.21. The highest BCUT2D eigenvalue weighted by molar-refractivity contribution is 6.33. The van der Waals surface area contributed by atoms with Gasteiger partial charge in [-0.1, -0.05) is 47.1 Å². The van der Waals surface area contributed by atoms with Crippen molar-refractivity contribution in [2.24, 2.45) is 0 Å². The molecule has 4 nitrogen and oxygen atoms in total. The molecule has 0 amide bonds. The lowest BCUT2D eigenvalue weighted by Gasteiger charge is -2.07. The number of pyridine rings is 1. The fraction of sp³-hybridized carbons (Fsp3) is 0. The van der Waals surface area contributed by atoms with Gasteiger partial charge in [0.05, 0.1) is 21.8 Å². The zero-order valence-corrected chi connectivity index (χ0v) is 15.8. The minimum Gasteiger partial charge on any atom is -0.334 e. The van der Waals surface area contributed by atoms with E-state index in [9.17, 15) is 4.39 Å². The Morgan fingerprint density at radius 3 is 2.38 bits per heavy atom. The van der Waals surface area contributed by atoms with Crippen LogP contribution in [0.5, 0.6) is 0 Å². The van der Waals surface area contributed by atoms with Gasteiger partial charge in [-0.25, -0.2) is 9.37 Å². The highest BCUT2D eigenvalue weighted by Crippen LogP contribution is 2.33. The molecule has 5 rings (SSSR count). The molecule has 2 aromatic heterocycles. The van der Waals surface area contributed by atoms with E-state index in [4.69, 9.17) is 21.1 Å². The summed E-state index contributed by atoms with van der Waals surface area (Å²) in [6, 6.07) is 23.1. The molecular weight excluding hydrogens is 389 g/mol. The Bertz CT molecular complexity index is 1330. The molecule has 0 bridgehead atoms. The quantitative estimate of drug-likeness (QED) is 0.350. The van der Waals surface area contributed by atoms with Crippen LogP contribution in [-0.2, 0) is 0 Å². The lowest BCUT2D eigenvalue weighted by Crippen LogP contribution is -1.90. The van der Waals surface area contributed by atoms with Gasteiger partial charge in [-0.05, 0) is 48.5 Å². The summed E-state index contributed by atoms with van der Waals surface area (Å²) in [7, 11) is 0. The minimum atomic E-state index is -0.295. The number of hydrogen-bond donors (Lipinski definition) is 0. The SMILES string of the molecule is Fc1ccc(-c2cc(-c3nc(-c4ccccc4Cl)no3)c3ccccc3n2)cc1. The van der Waals surface area contributed by atoms with E-state index in [2.05, 4.69) is 10.1 Å². The summed E-state index contributed by atoms with van der Waals surface area (Å²) in [5, 5.41) is 5.53. The summed E-state index contributed by atoms with van der Waals surface area (Å²) in [6.07, 6.45) is 0. The lowest BCUT2D eigenvalue weighted by molar-refractivity contribution is 0.432. The molecule has 0 radical (unpaired) electrons. The van der Waals surface area contributed by atoms with E-state index in [-0.39, 0.29) is 5.82 Å². The van der Waals surface area contributed by atoms with Crippen molar-refractivity contribution >= 4 is 22.5 Å². The molecule has 2 heterocycles. The van der Waals surface area contributed by atoms with E-state index in [1.807, 2.05) is 48.5 Å². The Labute approximate surface area is 170 Å². The maximum Gasteiger partial charge on any atom is 0.259 e. The van der Waals surface area contributed by atoms with Crippen LogP contribution in [0.4, 0.5) is 4.39 Å². The summed E-state index contributed by atoms with van der Waals surface area (Å²) in [6.45, 7) is 0.